The third-order valence-corrected chi connectivity index (χ3v) is 4.15. The highest BCUT2D eigenvalue weighted by Gasteiger charge is 2.17. The highest BCUT2D eigenvalue weighted by molar-refractivity contribution is 9.08. The van der Waals surface area contributed by atoms with Crippen LogP contribution in [0.3, 0.4) is 0 Å². The van der Waals surface area contributed by atoms with Crippen molar-refractivity contribution in [2.75, 3.05) is 6.54 Å². The lowest BCUT2D eigenvalue weighted by molar-refractivity contribution is -0.120. The van der Waals surface area contributed by atoms with Gasteiger partial charge < -0.3 is 10.6 Å². The SMILES string of the molecule is O=C(CNC(=O)c1ccc(CBr)cc1)NC1CCCC1. The van der Waals surface area contributed by atoms with Crippen molar-refractivity contribution in [2.24, 2.45) is 0 Å². The molecule has 5 heteroatoms. The fourth-order valence-electron chi connectivity index (χ4n) is 2.36. The first kappa shape index (κ1) is 15.0. The predicted molar refractivity (Wildman–Crippen MR) is 81.8 cm³/mol. The van der Waals surface area contributed by atoms with Gasteiger partial charge in [-0.1, -0.05) is 40.9 Å². The monoisotopic (exact) mass is 338 g/mol. The minimum Gasteiger partial charge on any atom is -0.352 e. The summed E-state index contributed by atoms with van der Waals surface area (Å²) in [6, 6.07) is 7.60. The van der Waals surface area contributed by atoms with E-state index in [1.54, 1.807) is 12.1 Å². The van der Waals surface area contributed by atoms with Crippen LogP contribution in [0.5, 0.6) is 0 Å². The Morgan fingerprint density at radius 3 is 2.40 bits per heavy atom. The minimum atomic E-state index is -0.215. The molecule has 0 radical (unpaired) electrons. The normalized spacial score (nSPS) is 15.1. The van der Waals surface area contributed by atoms with E-state index in [1.807, 2.05) is 12.1 Å². The molecule has 1 saturated carbocycles. The number of halogens is 1. The second-order valence-corrected chi connectivity index (χ2v) is 5.62. The summed E-state index contributed by atoms with van der Waals surface area (Å²) < 4.78 is 0. The lowest BCUT2D eigenvalue weighted by Crippen LogP contribution is -2.40. The van der Waals surface area contributed by atoms with Gasteiger partial charge in [-0.15, -0.1) is 0 Å². The summed E-state index contributed by atoms with van der Waals surface area (Å²) in [4.78, 5) is 23.6. The van der Waals surface area contributed by atoms with Crippen molar-refractivity contribution < 1.29 is 9.59 Å². The number of benzene rings is 1. The second-order valence-electron chi connectivity index (χ2n) is 5.06. The van der Waals surface area contributed by atoms with Crippen LogP contribution in [0.1, 0.15) is 41.6 Å². The molecule has 0 aliphatic heterocycles. The first-order valence-corrected chi connectivity index (χ1v) is 8.03. The van der Waals surface area contributed by atoms with Crippen LogP contribution in [0.25, 0.3) is 0 Å². The molecule has 1 fully saturated rings. The van der Waals surface area contributed by atoms with Crippen LogP contribution < -0.4 is 10.6 Å². The van der Waals surface area contributed by atoms with Gasteiger partial charge in [0, 0.05) is 16.9 Å². The van der Waals surface area contributed by atoms with E-state index in [4.69, 9.17) is 0 Å². The van der Waals surface area contributed by atoms with E-state index in [1.165, 1.54) is 12.8 Å². The summed E-state index contributed by atoms with van der Waals surface area (Å²) in [5.74, 6) is -0.324. The van der Waals surface area contributed by atoms with Crippen molar-refractivity contribution in [3.05, 3.63) is 35.4 Å². The van der Waals surface area contributed by atoms with Crippen LogP contribution in [-0.4, -0.2) is 24.4 Å². The number of carbonyl (C=O) groups is 2. The van der Waals surface area contributed by atoms with E-state index in [-0.39, 0.29) is 24.4 Å². The zero-order chi connectivity index (χ0) is 14.4. The maximum absolute atomic E-state index is 11.9. The molecule has 0 spiro atoms. The Balaban J connectivity index is 1.77. The Bertz CT molecular complexity index is 467. The fourth-order valence-corrected chi connectivity index (χ4v) is 2.73. The molecule has 0 atom stereocenters. The van der Waals surface area contributed by atoms with Crippen LogP contribution in [0.2, 0.25) is 0 Å². The van der Waals surface area contributed by atoms with Crippen LogP contribution in [-0.2, 0) is 10.1 Å². The van der Waals surface area contributed by atoms with E-state index in [9.17, 15) is 9.59 Å². The average molecular weight is 339 g/mol. The number of rotatable bonds is 5. The molecular weight excluding hydrogens is 320 g/mol. The number of amides is 2. The quantitative estimate of drug-likeness (QED) is 0.809. The van der Waals surface area contributed by atoms with Crippen molar-refractivity contribution in [1.29, 1.82) is 0 Å². The molecule has 20 heavy (non-hydrogen) atoms. The van der Waals surface area contributed by atoms with Crippen molar-refractivity contribution in [3.8, 4) is 0 Å². The molecule has 0 unspecified atom stereocenters. The largest absolute Gasteiger partial charge is 0.352 e. The summed E-state index contributed by atoms with van der Waals surface area (Å²) in [5.41, 5.74) is 1.68. The van der Waals surface area contributed by atoms with Crippen molar-refractivity contribution >= 4 is 27.7 Å². The van der Waals surface area contributed by atoms with Gasteiger partial charge in [0.05, 0.1) is 6.54 Å². The molecule has 1 aromatic rings. The molecule has 0 saturated heterocycles. The zero-order valence-corrected chi connectivity index (χ0v) is 12.9. The maximum atomic E-state index is 11.9. The van der Waals surface area contributed by atoms with Crippen molar-refractivity contribution in [3.63, 3.8) is 0 Å². The molecule has 0 heterocycles. The summed E-state index contributed by atoms with van der Waals surface area (Å²) in [6.45, 7) is 0.0372. The van der Waals surface area contributed by atoms with E-state index < -0.39 is 0 Å². The molecule has 0 aromatic heterocycles. The van der Waals surface area contributed by atoms with E-state index in [0.29, 0.717) is 5.56 Å². The highest BCUT2D eigenvalue weighted by Crippen LogP contribution is 2.17. The lowest BCUT2D eigenvalue weighted by atomic mass is 10.1. The van der Waals surface area contributed by atoms with Crippen LogP contribution in [0.4, 0.5) is 0 Å². The van der Waals surface area contributed by atoms with Gasteiger partial charge >= 0.3 is 0 Å². The molecular formula is C15H19BrN2O2. The summed E-state index contributed by atoms with van der Waals surface area (Å²) in [6.07, 6.45) is 4.45. The molecule has 1 aliphatic carbocycles. The van der Waals surface area contributed by atoms with Crippen LogP contribution >= 0.6 is 15.9 Å². The fraction of sp³-hybridized carbons (Fsp3) is 0.467. The van der Waals surface area contributed by atoms with Gasteiger partial charge in [-0.25, -0.2) is 0 Å². The topological polar surface area (TPSA) is 58.2 Å². The minimum absolute atomic E-state index is 0.0372. The van der Waals surface area contributed by atoms with Crippen LogP contribution in [0.15, 0.2) is 24.3 Å². The smallest absolute Gasteiger partial charge is 0.251 e. The zero-order valence-electron chi connectivity index (χ0n) is 11.3. The average Bonchev–Trinajstić information content (AvgIpc) is 2.97. The summed E-state index contributed by atoms with van der Waals surface area (Å²) >= 11 is 3.36. The second kappa shape index (κ2) is 7.43. The molecule has 108 valence electrons. The molecule has 2 rings (SSSR count). The number of carbonyl (C=O) groups excluding carboxylic acids is 2. The van der Waals surface area contributed by atoms with Crippen molar-refractivity contribution in [1.82, 2.24) is 10.6 Å². The molecule has 1 aromatic carbocycles. The van der Waals surface area contributed by atoms with E-state index in [2.05, 4.69) is 26.6 Å². The Kier molecular flexibility index (Phi) is 5.59. The van der Waals surface area contributed by atoms with E-state index in [0.717, 1.165) is 23.7 Å². The lowest BCUT2D eigenvalue weighted by Gasteiger charge is -2.12. The first-order valence-electron chi connectivity index (χ1n) is 6.91. The summed E-state index contributed by atoms with van der Waals surface area (Å²) in [7, 11) is 0. The van der Waals surface area contributed by atoms with Gasteiger partial charge in [0.1, 0.15) is 0 Å². The predicted octanol–water partition coefficient (Wildman–Crippen LogP) is 2.37. The standard InChI is InChI=1S/C15H19BrN2O2/c16-9-11-5-7-12(8-6-11)15(20)17-10-14(19)18-13-3-1-2-4-13/h5-8,13H,1-4,9-10H2,(H,17,20)(H,18,19). The molecule has 2 N–H and O–H groups in total. The van der Waals surface area contributed by atoms with E-state index >= 15 is 0 Å². The summed E-state index contributed by atoms with van der Waals surface area (Å²) in [5, 5.41) is 6.35. The molecule has 0 bridgehead atoms. The van der Waals surface area contributed by atoms with Gasteiger partial charge in [0.15, 0.2) is 0 Å². The van der Waals surface area contributed by atoms with Gasteiger partial charge in [-0.05, 0) is 30.5 Å². The third kappa shape index (κ3) is 4.34. The Labute approximate surface area is 127 Å². The van der Waals surface area contributed by atoms with Crippen molar-refractivity contribution in [2.45, 2.75) is 37.1 Å². The van der Waals surface area contributed by atoms with Gasteiger partial charge in [0.25, 0.3) is 5.91 Å². The number of alkyl halides is 1. The van der Waals surface area contributed by atoms with Gasteiger partial charge in [-0.2, -0.15) is 0 Å². The van der Waals surface area contributed by atoms with Gasteiger partial charge in [-0.3, -0.25) is 9.59 Å². The maximum Gasteiger partial charge on any atom is 0.251 e. The number of nitrogens with one attached hydrogen (secondary N) is 2. The molecule has 1 aliphatic rings. The molecule has 2 amide bonds. The van der Waals surface area contributed by atoms with Crippen LogP contribution in [0, 0.1) is 0 Å². The number of hydrogen-bond donors (Lipinski definition) is 2. The third-order valence-electron chi connectivity index (χ3n) is 3.50. The highest BCUT2D eigenvalue weighted by atomic mass is 79.9. The molecule has 4 nitrogen and oxygen atoms in total. The Hall–Kier alpha value is -1.36. The Morgan fingerprint density at radius 2 is 1.80 bits per heavy atom. The van der Waals surface area contributed by atoms with Gasteiger partial charge in [0.2, 0.25) is 5.91 Å². The first-order chi connectivity index (χ1) is 9.69. The Morgan fingerprint density at radius 1 is 1.15 bits per heavy atom. The number of hydrogen-bond acceptors (Lipinski definition) is 2.